The predicted octanol–water partition coefficient (Wildman–Crippen LogP) is 16.3. The van der Waals surface area contributed by atoms with E-state index >= 15 is 0 Å². The summed E-state index contributed by atoms with van der Waals surface area (Å²) in [4.78, 5) is 0. The largest absolute Gasteiger partial charge is 0.457 e. The van der Waals surface area contributed by atoms with Crippen molar-refractivity contribution in [1.29, 1.82) is 0 Å². The van der Waals surface area contributed by atoms with Crippen LogP contribution in [0.2, 0.25) is 0 Å². The summed E-state index contributed by atoms with van der Waals surface area (Å²) in [6.45, 7) is 4.69. The van der Waals surface area contributed by atoms with Gasteiger partial charge < -0.3 is 14.9 Å². The molecule has 2 aromatic rings. The van der Waals surface area contributed by atoms with Crippen LogP contribution in [0.4, 0.5) is 0 Å². The van der Waals surface area contributed by atoms with Crippen molar-refractivity contribution >= 4 is 11.1 Å². The highest BCUT2D eigenvalue weighted by molar-refractivity contribution is 5.67. The molecule has 0 aromatic heterocycles. The zero-order valence-electron chi connectivity index (χ0n) is 35.6. The molecule has 3 nitrogen and oxygen atoms in total. The van der Waals surface area contributed by atoms with E-state index in [0.717, 1.165) is 48.3 Å². The number of allylic oxidation sites excluding steroid dienone is 6. The Bertz CT molecular complexity index is 1170. The van der Waals surface area contributed by atoms with E-state index in [2.05, 4.69) is 62.4 Å². The quantitative estimate of drug-likeness (QED) is 0.0538. The monoisotopic (exact) mass is 755 g/mol. The minimum atomic E-state index is 0.0645. The average molecular weight is 755 g/mol. The Balaban J connectivity index is 1.63. The highest BCUT2D eigenvalue weighted by Crippen LogP contribution is 2.29. The molecular formula is C52H82O3. The lowest BCUT2D eigenvalue weighted by Gasteiger charge is -2.12. The number of hydrogen-bond acceptors (Lipinski definition) is 3. The third-order valence-electron chi connectivity index (χ3n) is 10.8. The second kappa shape index (κ2) is 35.5. The lowest BCUT2D eigenvalue weighted by Crippen LogP contribution is -1.91. The Labute approximate surface area is 339 Å². The fourth-order valence-electron chi connectivity index (χ4n) is 7.33. The van der Waals surface area contributed by atoms with Crippen molar-refractivity contribution in [3.05, 3.63) is 96.1 Å². The molecule has 0 spiro atoms. The molecule has 55 heavy (non-hydrogen) atoms. The van der Waals surface area contributed by atoms with E-state index < -0.39 is 0 Å². The molecular weight excluding hydrogens is 673 g/mol. The maximum atomic E-state index is 9.69. The number of benzene rings is 2. The van der Waals surface area contributed by atoms with Gasteiger partial charge in [-0.25, -0.2) is 0 Å². The summed E-state index contributed by atoms with van der Waals surface area (Å²) >= 11 is 0. The molecule has 308 valence electrons. The Morgan fingerprint density at radius 3 is 1.00 bits per heavy atom. The van der Waals surface area contributed by atoms with Gasteiger partial charge in [-0.3, -0.25) is 0 Å². The van der Waals surface area contributed by atoms with Gasteiger partial charge in [-0.2, -0.15) is 0 Å². The normalized spacial score (nSPS) is 12.4. The number of aliphatic hydroxyl groups is 2. The van der Waals surface area contributed by atoms with Gasteiger partial charge >= 0.3 is 0 Å². The minimum absolute atomic E-state index is 0.0645. The van der Waals surface area contributed by atoms with Crippen LogP contribution in [0.25, 0.3) is 11.1 Å². The molecule has 0 aliphatic heterocycles. The van der Waals surface area contributed by atoms with E-state index in [1.807, 2.05) is 36.4 Å². The van der Waals surface area contributed by atoms with Crippen molar-refractivity contribution in [2.45, 2.75) is 194 Å². The first-order chi connectivity index (χ1) is 27.2. The summed E-state index contributed by atoms with van der Waals surface area (Å²) in [6.07, 6.45) is 49.3. The standard InChI is InChI=1S/C52H82O3/c1-3-5-7-9-11-13-15-17-19-21-23-25-27-29-31-33-47(43-45-53)49-35-39-51(40-36-49)55-52-41-37-50(38-42-52)48(44-46-54)34-32-30-28-26-24-22-20-18-16-14-12-10-8-6-4-2/h17-20,35-44,53-54H,3-16,21-34,45-46H2,1-2H3/b19-17-,20-18-,47-43?,48-44?. The third kappa shape index (κ3) is 25.8. The van der Waals surface area contributed by atoms with Gasteiger partial charge in [0, 0.05) is 0 Å². The van der Waals surface area contributed by atoms with Gasteiger partial charge in [-0.1, -0.05) is 177 Å². The van der Waals surface area contributed by atoms with Crippen LogP contribution in [0.15, 0.2) is 85.0 Å². The second-order valence-corrected chi connectivity index (χ2v) is 15.6. The lowest BCUT2D eigenvalue weighted by atomic mass is 9.98. The van der Waals surface area contributed by atoms with E-state index in [4.69, 9.17) is 4.74 Å². The van der Waals surface area contributed by atoms with Gasteiger partial charge in [0.15, 0.2) is 0 Å². The van der Waals surface area contributed by atoms with Gasteiger partial charge in [0.05, 0.1) is 13.2 Å². The summed E-state index contributed by atoms with van der Waals surface area (Å²) in [5, 5.41) is 19.4. The second-order valence-electron chi connectivity index (χ2n) is 15.6. The molecule has 0 bridgehead atoms. The van der Waals surface area contributed by atoms with Crippen molar-refractivity contribution in [3.63, 3.8) is 0 Å². The molecule has 3 heteroatoms. The highest BCUT2D eigenvalue weighted by Gasteiger charge is 2.06. The maximum Gasteiger partial charge on any atom is 0.127 e. The van der Waals surface area contributed by atoms with E-state index in [1.54, 1.807) is 0 Å². The van der Waals surface area contributed by atoms with Crippen LogP contribution < -0.4 is 4.74 Å². The average Bonchev–Trinajstić information content (AvgIpc) is 3.20. The fourth-order valence-corrected chi connectivity index (χ4v) is 7.33. The Kier molecular flexibility index (Phi) is 31.2. The van der Waals surface area contributed by atoms with E-state index in [1.165, 1.54) is 165 Å². The van der Waals surface area contributed by atoms with Crippen LogP contribution in [0, 0.1) is 0 Å². The third-order valence-corrected chi connectivity index (χ3v) is 10.8. The smallest absolute Gasteiger partial charge is 0.127 e. The first-order valence-corrected chi connectivity index (χ1v) is 23.0. The van der Waals surface area contributed by atoms with Crippen LogP contribution in [-0.2, 0) is 0 Å². The van der Waals surface area contributed by atoms with Crippen molar-refractivity contribution in [2.75, 3.05) is 13.2 Å². The van der Waals surface area contributed by atoms with Gasteiger partial charge in [0.1, 0.15) is 11.5 Å². The highest BCUT2D eigenvalue weighted by atomic mass is 16.5. The number of unbranched alkanes of at least 4 members (excludes halogenated alkanes) is 22. The molecule has 0 atom stereocenters. The summed E-state index contributed by atoms with van der Waals surface area (Å²) in [7, 11) is 0. The van der Waals surface area contributed by atoms with E-state index in [9.17, 15) is 10.2 Å². The van der Waals surface area contributed by atoms with E-state index in [0.29, 0.717) is 0 Å². The molecule has 2 rings (SSSR count). The van der Waals surface area contributed by atoms with Crippen molar-refractivity contribution in [3.8, 4) is 11.5 Å². The molecule has 2 N–H and O–H groups in total. The molecule has 0 heterocycles. The van der Waals surface area contributed by atoms with Crippen molar-refractivity contribution in [2.24, 2.45) is 0 Å². The zero-order valence-corrected chi connectivity index (χ0v) is 35.6. The molecule has 0 aliphatic carbocycles. The molecule has 0 aliphatic rings. The maximum absolute atomic E-state index is 9.69. The summed E-state index contributed by atoms with van der Waals surface area (Å²) in [5.41, 5.74) is 4.74. The van der Waals surface area contributed by atoms with Crippen LogP contribution in [0.5, 0.6) is 11.5 Å². The molecule has 0 saturated heterocycles. The number of rotatable bonds is 36. The first kappa shape index (κ1) is 48.3. The van der Waals surface area contributed by atoms with Crippen molar-refractivity contribution in [1.82, 2.24) is 0 Å². The fraction of sp³-hybridized carbons (Fsp3) is 0.615. The Morgan fingerprint density at radius 1 is 0.400 bits per heavy atom. The van der Waals surface area contributed by atoms with Crippen LogP contribution in [0.3, 0.4) is 0 Å². The van der Waals surface area contributed by atoms with Gasteiger partial charge in [0.25, 0.3) is 0 Å². The Hall–Kier alpha value is -2.88. The van der Waals surface area contributed by atoms with Gasteiger partial charge in [0.2, 0.25) is 0 Å². The van der Waals surface area contributed by atoms with Crippen LogP contribution in [0.1, 0.15) is 205 Å². The van der Waals surface area contributed by atoms with Gasteiger partial charge in [-0.15, -0.1) is 0 Å². The number of ether oxygens (including phenoxy) is 1. The van der Waals surface area contributed by atoms with Crippen LogP contribution in [-0.4, -0.2) is 23.4 Å². The number of hydrogen-bond donors (Lipinski definition) is 2. The number of aliphatic hydroxyl groups excluding tert-OH is 2. The molecule has 0 fully saturated rings. The van der Waals surface area contributed by atoms with Gasteiger partial charge in [-0.05, 0) is 124 Å². The topological polar surface area (TPSA) is 49.7 Å². The molecule has 0 radical (unpaired) electrons. The minimum Gasteiger partial charge on any atom is -0.457 e. The summed E-state index contributed by atoms with van der Waals surface area (Å²) in [6, 6.07) is 16.5. The molecule has 2 aromatic carbocycles. The predicted molar refractivity (Wildman–Crippen MR) is 242 cm³/mol. The van der Waals surface area contributed by atoms with Crippen LogP contribution >= 0.6 is 0 Å². The zero-order chi connectivity index (χ0) is 39.3. The lowest BCUT2D eigenvalue weighted by molar-refractivity contribution is 0.342. The SMILES string of the molecule is CCCCCCCC/C=C\CCCCCCCC(=CCO)c1ccc(Oc2ccc(C(=CCO)CCCCCCC/C=C\CCCCCCCC)cc2)cc1. The molecule has 0 unspecified atom stereocenters. The summed E-state index contributed by atoms with van der Waals surface area (Å²) < 4.78 is 6.20. The first-order valence-electron chi connectivity index (χ1n) is 23.0. The van der Waals surface area contributed by atoms with Crippen molar-refractivity contribution < 1.29 is 14.9 Å². The summed E-state index contributed by atoms with van der Waals surface area (Å²) in [5.74, 6) is 1.61. The Morgan fingerprint density at radius 2 is 0.691 bits per heavy atom. The molecule has 0 saturated carbocycles. The molecule has 0 amide bonds. The van der Waals surface area contributed by atoms with E-state index in [-0.39, 0.29) is 13.2 Å².